The van der Waals surface area contributed by atoms with Gasteiger partial charge in [0, 0.05) is 16.8 Å². The zero-order valence-electron chi connectivity index (χ0n) is 8.90. The van der Waals surface area contributed by atoms with E-state index in [1.54, 1.807) is 36.4 Å². The Hall–Kier alpha value is -1.39. The van der Waals surface area contributed by atoms with E-state index >= 15 is 0 Å². The third-order valence-electron chi connectivity index (χ3n) is 2.57. The van der Waals surface area contributed by atoms with Crippen molar-refractivity contribution in [2.75, 3.05) is 5.73 Å². The van der Waals surface area contributed by atoms with Gasteiger partial charge in [0.1, 0.15) is 11.9 Å². The lowest BCUT2D eigenvalue weighted by Crippen LogP contribution is -2.05. The molecular formula is C13H11BrFNO. The highest BCUT2D eigenvalue weighted by Crippen LogP contribution is 2.30. The number of halogens is 2. The van der Waals surface area contributed by atoms with Gasteiger partial charge in [-0.15, -0.1) is 0 Å². The lowest BCUT2D eigenvalue weighted by atomic mass is 10.00. The van der Waals surface area contributed by atoms with Gasteiger partial charge in [-0.05, 0) is 28.1 Å². The average molecular weight is 296 g/mol. The summed E-state index contributed by atoms with van der Waals surface area (Å²) < 4.78 is 14.1. The molecule has 0 spiro atoms. The van der Waals surface area contributed by atoms with Crippen LogP contribution < -0.4 is 5.73 Å². The van der Waals surface area contributed by atoms with Gasteiger partial charge in [-0.25, -0.2) is 4.39 Å². The SMILES string of the molecule is Nc1ccccc1C(O)c1cccc(Br)c1F. The molecule has 1 atom stereocenters. The van der Waals surface area contributed by atoms with Crippen molar-refractivity contribution in [3.05, 3.63) is 63.9 Å². The molecule has 0 fully saturated rings. The van der Waals surface area contributed by atoms with Crippen molar-refractivity contribution in [3.63, 3.8) is 0 Å². The van der Waals surface area contributed by atoms with Crippen LogP contribution in [0.25, 0.3) is 0 Å². The molecule has 88 valence electrons. The summed E-state index contributed by atoms with van der Waals surface area (Å²) in [7, 11) is 0. The van der Waals surface area contributed by atoms with Crippen molar-refractivity contribution < 1.29 is 9.50 Å². The molecule has 3 N–H and O–H groups in total. The molecule has 0 bridgehead atoms. The summed E-state index contributed by atoms with van der Waals surface area (Å²) in [6.07, 6.45) is -1.06. The normalized spacial score (nSPS) is 12.4. The number of rotatable bonds is 2. The quantitative estimate of drug-likeness (QED) is 0.836. The van der Waals surface area contributed by atoms with E-state index in [-0.39, 0.29) is 5.56 Å². The summed E-state index contributed by atoms with van der Waals surface area (Å²) in [5, 5.41) is 10.1. The summed E-state index contributed by atoms with van der Waals surface area (Å²) in [5.74, 6) is -0.469. The molecule has 2 rings (SSSR count). The van der Waals surface area contributed by atoms with Crippen LogP contribution in [0.4, 0.5) is 10.1 Å². The predicted octanol–water partition coefficient (Wildman–Crippen LogP) is 3.25. The van der Waals surface area contributed by atoms with Crippen molar-refractivity contribution in [1.29, 1.82) is 0 Å². The van der Waals surface area contributed by atoms with Crippen molar-refractivity contribution in [3.8, 4) is 0 Å². The molecule has 2 nitrogen and oxygen atoms in total. The van der Waals surface area contributed by atoms with E-state index in [9.17, 15) is 9.50 Å². The van der Waals surface area contributed by atoms with Gasteiger partial charge >= 0.3 is 0 Å². The van der Waals surface area contributed by atoms with Crippen LogP contribution in [0.1, 0.15) is 17.2 Å². The number of benzene rings is 2. The molecule has 0 saturated carbocycles. The molecule has 17 heavy (non-hydrogen) atoms. The summed E-state index contributed by atoms with van der Waals surface area (Å²) in [6.45, 7) is 0. The van der Waals surface area contributed by atoms with Gasteiger partial charge in [-0.3, -0.25) is 0 Å². The number of nitrogen functional groups attached to an aromatic ring is 1. The molecule has 1 unspecified atom stereocenters. The van der Waals surface area contributed by atoms with Gasteiger partial charge in [-0.2, -0.15) is 0 Å². The van der Waals surface area contributed by atoms with E-state index in [1.165, 1.54) is 6.07 Å². The van der Waals surface area contributed by atoms with Gasteiger partial charge in [0.15, 0.2) is 0 Å². The monoisotopic (exact) mass is 295 g/mol. The molecule has 0 amide bonds. The Bertz CT molecular complexity index is 545. The van der Waals surface area contributed by atoms with Gasteiger partial charge in [0.25, 0.3) is 0 Å². The predicted molar refractivity (Wildman–Crippen MR) is 69.0 cm³/mol. The fraction of sp³-hybridized carbons (Fsp3) is 0.0769. The van der Waals surface area contributed by atoms with Gasteiger partial charge < -0.3 is 10.8 Å². The minimum absolute atomic E-state index is 0.206. The Morgan fingerprint density at radius 1 is 1.06 bits per heavy atom. The number of para-hydroxylation sites is 1. The zero-order chi connectivity index (χ0) is 12.4. The van der Waals surface area contributed by atoms with E-state index < -0.39 is 11.9 Å². The van der Waals surface area contributed by atoms with Crippen molar-refractivity contribution in [2.45, 2.75) is 6.10 Å². The topological polar surface area (TPSA) is 46.2 Å². The molecule has 2 aromatic carbocycles. The third kappa shape index (κ3) is 2.33. The maximum absolute atomic E-state index is 13.8. The van der Waals surface area contributed by atoms with E-state index in [0.717, 1.165) is 0 Å². The average Bonchev–Trinajstić information content (AvgIpc) is 2.32. The van der Waals surface area contributed by atoms with Crippen LogP contribution in [0.15, 0.2) is 46.9 Å². The van der Waals surface area contributed by atoms with E-state index in [4.69, 9.17) is 5.73 Å². The molecule has 0 aromatic heterocycles. The number of hydrogen-bond donors (Lipinski definition) is 2. The summed E-state index contributed by atoms with van der Waals surface area (Å²) in [6, 6.07) is 11.7. The van der Waals surface area contributed by atoms with E-state index in [0.29, 0.717) is 15.7 Å². The number of hydrogen-bond acceptors (Lipinski definition) is 2. The van der Waals surface area contributed by atoms with Crippen LogP contribution in [0.3, 0.4) is 0 Å². The second kappa shape index (κ2) is 4.85. The first-order valence-electron chi connectivity index (χ1n) is 5.07. The Labute approximate surface area is 107 Å². The van der Waals surface area contributed by atoms with Crippen molar-refractivity contribution >= 4 is 21.6 Å². The minimum atomic E-state index is -1.06. The zero-order valence-corrected chi connectivity index (χ0v) is 10.5. The van der Waals surface area contributed by atoms with Gasteiger partial charge in [0.2, 0.25) is 0 Å². The molecule has 0 aliphatic heterocycles. The van der Waals surface area contributed by atoms with Crippen molar-refractivity contribution in [1.82, 2.24) is 0 Å². The first-order chi connectivity index (χ1) is 8.11. The standard InChI is InChI=1S/C13H11BrFNO/c14-10-6-3-5-9(12(10)15)13(17)8-4-1-2-7-11(8)16/h1-7,13,17H,16H2. The van der Waals surface area contributed by atoms with Crippen LogP contribution in [0.2, 0.25) is 0 Å². The first kappa shape index (κ1) is 12.1. The maximum atomic E-state index is 13.8. The number of nitrogens with two attached hydrogens (primary N) is 1. The molecule has 0 radical (unpaired) electrons. The van der Waals surface area contributed by atoms with Gasteiger partial charge in [-0.1, -0.05) is 30.3 Å². The number of aliphatic hydroxyl groups excluding tert-OH is 1. The van der Waals surface area contributed by atoms with Crippen molar-refractivity contribution in [2.24, 2.45) is 0 Å². The molecule has 2 aromatic rings. The Morgan fingerprint density at radius 3 is 2.41 bits per heavy atom. The Morgan fingerprint density at radius 2 is 1.71 bits per heavy atom. The summed E-state index contributed by atoms with van der Waals surface area (Å²) in [4.78, 5) is 0. The summed E-state index contributed by atoms with van der Waals surface area (Å²) >= 11 is 3.09. The second-order valence-corrected chi connectivity index (χ2v) is 4.53. The lowest BCUT2D eigenvalue weighted by Gasteiger charge is -2.14. The summed E-state index contributed by atoms with van der Waals surface area (Å²) in [5.41, 5.74) is 6.91. The number of anilines is 1. The molecule has 0 saturated heterocycles. The van der Waals surface area contributed by atoms with Crippen LogP contribution in [0, 0.1) is 5.82 Å². The fourth-order valence-electron chi connectivity index (χ4n) is 1.66. The smallest absolute Gasteiger partial charge is 0.143 e. The molecule has 0 aliphatic carbocycles. The van der Waals surface area contributed by atoms with Crippen LogP contribution in [0.5, 0.6) is 0 Å². The molecule has 4 heteroatoms. The minimum Gasteiger partial charge on any atom is -0.398 e. The molecular weight excluding hydrogens is 285 g/mol. The highest BCUT2D eigenvalue weighted by Gasteiger charge is 2.18. The third-order valence-corrected chi connectivity index (χ3v) is 3.18. The fourth-order valence-corrected chi connectivity index (χ4v) is 2.04. The number of aliphatic hydroxyl groups is 1. The highest BCUT2D eigenvalue weighted by atomic mass is 79.9. The van der Waals surface area contributed by atoms with Crippen LogP contribution in [-0.4, -0.2) is 5.11 Å². The first-order valence-corrected chi connectivity index (χ1v) is 5.87. The molecule has 0 aliphatic rings. The molecule has 0 heterocycles. The Balaban J connectivity index is 2.48. The lowest BCUT2D eigenvalue weighted by molar-refractivity contribution is 0.215. The van der Waals surface area contributed by atoms with Crippen LogP contribution in [-0.2, 0) is 0 Å². The van der Waals surface area contributed by atoms with Gasteiger partial charge in [0.05, 0.1) is 4.47 Å². The van der Waals surface area contributed by atoms with Crippen LogP contribution >= 0.6 is 15.9 Å². The van der Waals surface area contributed by atoms with E-state index in [1.807, 2.05) is 0 Å². The largest absolute Gasteiger partial charge is 0.398 e. The maximum Gasteiger partial charge on any atom is 0.143 e. The Kier molecular flexibility index (Phi) is 3.45. The highest BCUT2D eigenvalue weighted by molar-refractivity contribution is 9.10. The second-order valence-electron chi connectivity index (χ2n) is 3.67. The van der Waals surface area contributed by atoms with E-state index in [2.05, 4.69) is 15.9 Å².